The zero-order valence-electron chi connectivity index (χ0n) is 20.0. The lowest BCUT2D eigenvalue weighted by atomic mass is 10.0. The first kappa shape index (κ1) is 27.8. The van der Waals surface area contributed by atoms with Gasteiger partial charge in [-0.25, -0.2) is 4.79 Å². The third kappa shape index (κ3) is 9.36. The molecule has 0 bridgehead atoms. The maximum atomic E-state index is 13.0. The fraction of sp³-hybridized carbons (Fsp3) is 0.542. The molecular formula is C24H34N4O7. The summed E-state index contributed by atoms with van der Waals surface area (Å²) < 4.78 is 0. The number of carboxylic acid groups (broad SMARTS) is 2. The van der Waals surface area contributed by atoms with E-state index >= 15 is 0 Å². The first-order chi connectivity index (χ1) is 16.6. The lowest BCUT2D eigenvalue weighted by molar-refractivity contribution is -0.143. The summed E-state index contributed by atoms with van der Waals surface area (Å²) in [4.78, 5) is 61.5. The van der Waals surface area contributed by atoms with Crippen LogP contribution in [-0.2, 0) is 30.4 Å². The Morgan fingerprint density at radius 1 is 0.943 bits per heavy atom. The summed E-state index contributed by atoms with van der Waals surface area (Å²) in [6, 6.07) is 4.41. The predicted octanol–water partition coefficient (Wildman–Crippen LogP) is 0.0409. The van der Waals surface area contributed by atoms with Crippen molar-refractivity contribution in [1.29, 1.82) is 0 Å². The molecule has 11 heteroatoms. The van der Waals surface area contributed by atoms with E-state index in [9.17, 15) is 34.2 Å². The van der Waals surface area contributed by atoms with Crippen molar-refractivity contribution in [1.82, 2.24) is 21.3 Å². The van der Waals surface area contributed by atoms with Crippen molar-refractivity contribution in [2.45, 2.75) is 70.1 Å². The molecule has 2 rings (SSSR count). The molecule has 0 spiro atoms. The molecule has 1 aromatic rings. The molecule has 35 heavy (non-hydrogen) atoms. The van der Waals surface area contributed by atoms with E-state index in [1.807, 2.05) is 13.8 Å². The SMILES string of the molecule is CC(C)CC(NC(=O)C1CCCN1)C(=O)NC(CC(=O)O)C(=O)NC(Cc1ccccc1)C(=O)O. The second kappa shape index (κ2) is 13.4. The Balaban J connectivity index is 2.11. The van der Waals surface area contributed by atoms with Crippen LogP contribution in [0.4, 0.5) is 0 Å². The first-order valence-corrected chi connectivity index (χ1v) is 11.7. The van der Waals surface area contributed by atoms with Crippen molar-refractivity contribution in [3.05, 3.63) is 35.9 Å². The Bertz CT molecular complexity index is 900. The Morgan fingerprint density at radius 3 is 2.11 bits per heavy atom. The molecule has 1 fully saturated rings. The van der Waals surface area contributed by atoms with Crippen LogP contribution < -0.4 is 21.3 Å². The van der Waals surface area contributed by atoms with Crippen molar-refractivity contribution in [3.8, 4) is 0 Å². The zero-order valence-corrected chi connectivity index (χ0v) is 20.0. The van der Waals surface area contributed by atoms with Crippen LogP contribution in [0, 0.1) is 5.92 Å². The van der Waals surface area contributed by atoms with Crippen LogP contribution in [0.25, 0.3) is 0 Å². The summed E-state index contributed by atoms with van der Waals surface area (Å²) in [6.45, 7) is 4.43. The Labute approximate surface area is 204 Å². The van der Waals surface area contributed by atoms with Crippen LogP contribution >= 0.6 is 0 Å². The molecule has 1 aliphatic rings. The van der Waals surface area contributed by atoms with Gasteiger partial charge in [0.2, 0.25) is 17.7 Å². The minimum absolute atomic E-state index is 0.0178. The molecule has 11 nitrogen and oxygen atoms in total. The fourth-order valence-electron chi connectivity index (χ4n) is 3.86. The van der Waals surface area contributed by atoms with E-state index in [0.717, 1.165) is 6.42 Å². The van der Waals surface area contributed by atoms with E-state index in [1.54, 1.807) is 30.3 Å². The molecule has 1 aliphatic heterocycles. The van der Waals surface area contributed by atoms with Gasteiger partial charge in [0.05, 0.1) is 12.5 Å². The second-order valence-electron chi connectivity index (χ2n) is 9.09. The number of carboxylic acids is 2. The average Bonchev–Trinajstić information content (AvgIpc) is 3.33. The fourth-order valence-corrected chi connectivity index (χ4v) is 3.86. The van der Waals surface area contributed by atoms with Gasteiger partial charge >= 0.3 is 11.9 Å². The molecule has 0 aliphatic carbocycles. The lowest BCUT2D eigenvalue weighted by Crippen LogP contribution is -2.57. The Morgan fingerprint density at radius 2 is 1.57 bits per heavy atom. The van der Waals surface area contributed by atoms with E-state index in [4.69, 9.17) is 0 Å². The minimum Gasteiger partial charge on any atom is -0.481 e. The number of amides is 3. The van der Waals surface area contributed by atoms with Gasteiger partial charge in [0, 0.05) is 6.42 Å². The molecule has 0 radical (unpaired) electrons. The van der Waals surface area contributed by atoms with Gasteiger partial charge in [-0.1, -0.05) is 44.2 Å². The smallest absolute Gasteiger partial charge is 0.326 e. The number of nitrogens with one attached hydrogen (secondary N) is 4. The highest BCUT2D eigenvalue weighted by atomic mass is 16.4. The van der Waals surface area contributed by atoms with Crippen LogP contribution in [0.2, 0.25) is 0 Å². The lowest BCUT2D eigenvalue weighted by Gasteiger charge is -2.25. The molecule has 1 saturated heterocycles. The molecular weight excluding hydrogens is 456 g/mol. The van der Waals surface area contributed by atoms with Gasteiger partial charge in [-0.05, 0) is 37.3 Å². The second-order valence-corrected chi connectivity index (χ2v) is 9.09. The van der Waals surface area contributed by atoms with Crippen LogP contribution in [0.1, 0.15) is 45.1 Å². The predicted molar refractivity (Wildman–Crippen MR) is 126 cm³/mol. The third-order valence-electron chi connectivity index (χ3n) is 5.63. The van der Waals surface area contributed by atoms with Crippen molar-refractivity contribution in [2.75, 3.05) is 6.54 Å². The van der Waals surface area contributed by atoms with Crippen LogP contribution in [0.3, 0.4) is 0 Å². The number of hydrogen-bond donors (Lipinski definition) is 6. The first-order valence-electron chi connectivity index (χ1n) is 11.7. The van der Waals surface area contributed by atoms with Crippen LogP contribution in [-0.4, -0.2) is 70.6 Å². The van der Waals surface area contributed by atoms with Crippen molar-refractivity contribution >= 4 is 29.7 Å². The molecule has 0 saturated carbocycles. The maximum Gasteiger partial charge on any atom is 0.326 e. The van der Waals surface area contributed by atoms with Crippen molar-refractivity contribution in [3.63, 3.8) is 0 Å². The van der Waals surface area contributed by atoms with Crippen molar-refractivity contribution in [2.24, 2.45) is 5.92 Å². The van der Waals surface area contributed by atoms with Crippen molar-refractivity contribution < 1.29 is 34.2 Å². The Hall–Kier alpha value is -3.47. The normalized spacial score (nSPS) is 17.7. The quantitative estimate of drug-likeness (QED) is 0.225. The van der Waals surface area contributed by atoms with Gasteiger partial charge in [0.15, 0.2) is 0 Å². The highest BCUT2D eigenvalue weighted by molar-refractivity contribution is 5.95. The number of hydrogen-bond acceptors (Lipinski definition) is 6. The van der Waals surface area contributed by atoms with Crippen LogP contribution in [0.5, 0.6) is 0 Å². The standard InChI is InChI=1S/C24H34N4O7/c1-14(2)11-17(26-21(31)16-9-6-10-25-16)22(32)27-18(13-20(29)30)23(33)28-19(24(34)35)12-15-7-4-3-5-8-15/h3-5,7-8,14,16-19,25H,6,9-13H2,1-2H3,(H,26,31)(H,27,32)(H,28,33)(H,29,30)(H,34,35). The molecule has 192 valence electrons. The molecule has 0 aromatic heterocycles. The maximum absolute atomic E-state index is 13.0. The van der Waals surface area contributed by atoms with Gasteiger partial charge in [-0.15, -0.1) is 0 Å². The summed E-state index contributed by atoms with van der Waals surface area (Å²) in [7, 11) is 0. The van der Waals surface area contributed by atoms with E-state index in [1.165, 1.54) is 0 Å². The highest BCUT2D eigenvalue weighted by Crippen LogP contribution is 2.10. The van der Waals surface area contributed by atoms with E-state index in [-0.39, 0.29) is 24.7 Å². The number of carbonyl (C=O) groups excluding carboxylic acids is 3. The largest absolute Gasteiger partial charge is 0.481 e. The topological polar surface area (TPSA) is 174 Å². The summed E-state index contributed by atoms with van der Waals surface area (Å²) >= 11 is 0. The van der Waals surface area contributed by atoms with Gasteiger partial charge in [-0.3, -0.25) is 19.2 Å². The highest BCUT2D eigenvalue weighted by Gasteiger charge is 2.32. The molecule has 1 heterocycles. The van der Waals surface area contributed by atoms with Gasteiger partial charge in [0.25, 0.3) is 0 Å². The van der Waals surface area contributed by atoms with E-state index in [2.05, 4.69) is 21.3 Å². The van der Waals surface area contributed by atoms with Gasteiger partial charge < -0.3 is 31.5 Å². The zero-order chi connectivity index (χ0) is 26.0. The summed E-state index contributed by atoms with van der Waals surface area (Å²) in [5, 5.41) is 29.3. The molecule has 1 aromatic carbocycles. The number of carbonyl (C=O) groups is 5. The van der Waals surface area contributed by atoms with E-state index < -0.39 is 54.3 Å². The molecule has 3 amide bonds. The van der Waals surface area contributed by atoms with Gasteiger partial charge in [0.1, 0.15) is 18.1 Å². The molecule has 4 atom stereocenters. The Kier molecular flexibility index (Phi) is 10.7. The van der Waals surface area contributed by atoms with Crippen LogP contribution in [0.15, 0.2) is 30.3 Å². The van der Waals surface area contributed by atoms with E-state index in [0.29, 0.717) is 18.5 Å². The average molecular weight is 491 g/mol. The molecule has 4 unspecified atom stereocenters. The number of benzene rings is 1. The summed E-state index contributed by atoms with van der Waals surface area (Å²) in [6.07, 6.45) is 0.993. The number of aliphatic carboxylic acids is 2. The third-order valence-corrected chi connectivity index (χ3v) is 5.63. The summed E-state index contributed by atoms with van der Waals surface area (Å²) in [5.41, 5.74) is 0.666. The molecule has 6 N–H and O–H groups in total. The minimum atomic E-state index is -1.52. The summed E-state index contributed by atoms with van der Waals surface area (Å²) in [5.74, 6) is -4.60. The monoisotopic (exact) mass is 490 g/mol. The number of rotatable bonds is 13. The van der Waals surface area contributed by atoms with Gasteiger partial charge in [-0.2, -0.15) is 0 Å².